The molecule has 0 radical (unpaired) electrons. The molecular weight excluding hydrogens is 230 g/mol. The van der Waals surface area contributed by atoms with Gasteiger partial charge < -0.3 is 14.8 Å². The van der Waals surface area contributed by atoms with Crippen molar-refractivity contribution < 1.29 is 14.3 Å². The van der Waals surface area contributed by atoms with E-state index in [4.69, 9.17) is 9.47 Å². The normalized spacial score (nSPS) is 22.8. The maximum Gasteiger partial charge on any atom is 0.310 e. The van der Waals surface area contributed by atoms with Crippen LogP contribution >= 0.6 is 0 Å². The molecule has 4 nitrogen and oxygen atoms in total. The lowest BCUT2D eigenvalue weighted by molar-refractivity contribution is -0.145. The molecule has 2 unspecified atom stereocenters. The fraction of sp³-hybridized carbons (Fsp3) is 0.500. The number of hydrogen-bond acceptors (Lipinski definition) is 4. The minimum atomic E-state index is -0.146. The van der Waals surface area contributed by atoms with Gasteiger partial charge in [-0.05, 0) is 24.6 Å². The van der Waals surface area contributed by atoms with Gasteiger partial charge in [0.05, 0.1) is 19.6 Å². The van der Waals surface area contributed by atoms with Crippen LogP contribution in [0.25, 0.3) is 0 Å². The first kappa shape index (κ1) is 12.9. The van der Waals surface area contributed by atoms with Crippen molar-refractivity contribution in [3.8, 4) is 5.75 Å². The molecule has 1 saturated heterocycles. The Morgan fingerprint density at radius 2 is 2.28 bits per heavy atom. The predicted molar refractivity (Wildman–Crippen MR) is 68.7 cm³/mol. The van der Waals surface area contributed by atoms with Crippen LogP contribution < -0.4 is 10.1 Å². The molecular formula is C14H19NO3. The van der Waals surface area contributed by atoms with Crippen molar-refractivity contribution in [1.29, 1.82) is 0 Å². The summed E-state index contributed by atoms with van der Waals surface area (Å²) in [5.74, 6) is 0.766. The summed E-state index contributed by atoms with van der Waals surface area (Å²) >= 11 is 0. The van der Waals surface area contributed by atoms with E-state index in [1.165, 1.54) is 7.11 Å². The maximum atomic E-state index is 11.7. The van der Waals surface area contributed by atoms with E-state index in [-0.39, 0.29) is 17.8 Å². The Balaban J connectivity index is 2.19. The molecule has 0 aromatic heterocycles. The number of methoxy groups -OCH3 is 1. The van der Waals surface area contributed by atoms with Crippen molar-refractivity contribution in [2.45, 2.75) is 12.8 Å². The molecule has 1 aromatic carbocycles. The summed E-state index contributed by atoms with van der Waals surface area (Å²) in [6.07, 6.45) is 0. The van der Waals surface area contributed by atoms with Gasteiger partial charge in [-0.25, -0.2) is 0 Å². The van der Waals surface area contributed by atoms with Gasteiger partial charge in [0.15, 0.2) is 0 Å². The molecule has 2 rings (SSSR count). The van der Waals surface area contributed by atoms with Crippen LogP contribution in [-0.4, -0.2) is 32.8 Å². The van der Waals surface area contributed by atoms with Gasteiger partial charge in [-0.3, -0.25) is 4.79 Å². The highest BCUT2D eigenvalue weighted by Crippen LogP contribution is 2.30. The van der Waals surface area contributed by atoms with Gasteiger partial charge >= 0.3 is 5.97 Å². The summed E-state index contributed by atoms with van der Waals surface area (Å²) in [5.41, 5.74) is 1.13. The Morgan fingerprint density at radius 3 is 3.00 bits per heavy atom. The van der Waals surface area contributed by atoms with E-state index in [0.717, 1.165) is 17.9 Å². The Morgan fingerprint density at radius 1 is 1.44 bits per heavy atom. The SMILES string of the molecule is CCOc1cccc(C2CNCC2C(=O)OC)c1. The number of esters is 1. The van der Waals surface area contributed by atoms with Gasteiger partial charge in [0.2, 0.25) is 0 Å². The van der Waals surface area contributed by atoms with Crippen molar-refractivity contribution in [2.75, 3.05) is 26.8 Å². The van der Waals surface area contributed by atoms with Gasteiger partial charge in [-0.1, -0.05) is 12.1 Å². The van der Waals surface area contributed by atoms with Crippen molar-refractivity contribution in [3.63, 3.8) is 0 Å². The van der Waals surface area contributed by atoms with Crippen LogP contribution in [0.3, 0.4) is 0 Å². The van der Waals surface area contributed by atoms with Gasteiger partial charge in [-0.15, -0.1) is 0 Å². The monoisotopic (exact) mass is 249 g/mol. The number of rotatable bonds is 4. The van der Waals surface area contributed by atoms with Gasteiger partial charge in [0.1, 0.15) is 5.75 Å². The van der Waals surface area contributed by atoms with E-state index < -0.39 is 0 Å². The van der Waals surface area contributed by atoms with Crippen LogP contribution in [-0.2, 0) is 9.53 Å². The van der Waals surface area contributed by atoms with Gasteiger partial charge in [0.25, 0.3) is 0 Å². The van der Waals surface area contributed by atoms with E-state index in [2.05, 4.69) is 5.32 Å². The zero-order valence-corrected chi connectivity index (χ0v) is 10.8. The van der Waals surface area contributed by atoms with Crippen LogP contribution in [0, 0.1) is 5.92 Å². The minimum absolute atomic E-state index is 0.105. The average Bonchev–Trinajstić information content (AvgIpc) is 2.88. The Labute approximate surface area is 107 Å². The number of nitrogens with one attached hydrogen (secondary N) is 1. The van der Waals surface area contributed by atoms with E-state index in [1.54, 1.807) is 0 Å². The topological polar surface area (TPSA) is 47.6 Å². The molecule has 0 amide bonds. The van der Waals surface area contributed by atoms with Crippen LogP contribution in [0.5, 0.6) is 5.75 Å². The zero-order valence-electron chi connectivity index (χ0n) is 10.8. The molecule has 1 aliphatic rings. The van der Waals surface area contributed by atoms with E-state index in [1.807, 2.05) is 31.2 Å². The second kappa shape index (κ2) is 5.87. The molecule has 4 heteroatoms. The summed E-state index contributed by atoms with van der Waals surface area (Å²) < 4.78 is 10.3. The van der Waals surface area contributed by atoms with Crippen LogP contribution in [0.2, 0.25) is 0 Å². The third-order valence-electron chi connectivity index (χ3n) is 3.32. The molecule has 1 aliphatic heterocycles. The molecule has 1 N–H and O–H groups in total. The molecule has 0 spiro atoms. The maximum absolute atomic E-state index is 11.7. The second-order valence-corrected chi connectivity index (χ2v) is 4.40. The largest absolute Gasteiger partial charge is 0.494 e. The lowest BCUT2D eigenvalue weighted by atomic mass is 9.89. The van der Waals surface area contributed by atoms with Gasteiger partial charge in [0, 0.05) is 19.0 Å². The first-order chi connectivity index (χ1) is 8.76. The quantitative estimate of drug-likeness (QED) is 0.823. The predicted octanol–water partition coefficient (Wildman–Crippen LogP) is 1.56. The third-order valence-corrected chi connectivity index (χ3v) is 3.32. The molecule has 2 atom stereocenters. The highest BCUT2D eigenvalue weighted by atomic mass is 16.5. The van der Waals surface area contributed by atoms with E-state index in [0.29, 0.717) is 13.2 Å². The summed E-state index contributed by atoms with van der Waals surface area (Å²) in [6, 6.07) is 7.95. The van der Waals surface area contributed by atoms with E-state index in [9.17, 15) is 4.79 Å². The fourth-order valence-electron chi connectivity index (χ4n) is 2.43. The zero-order chi connectivity index (χ0) is 13.0. The van der Waals surface area contributed by atoms with Crippen LogP contribution in [0.15, 0.2) is 24.3 Å². The Kier molecular flexibility index (Phi) is 4.20. The van der Waals surface area contributed by atoms with Crippen LogP contribution in [0.4, 0.5) is 0 Å². The van der Waals surface area contributed by atoms with E-state index >= 15 is 0 Å². The van der Waals surface area contributed by atoms with Crippen LogP contribution in [0.1, 0.15) is 18.4 Å². The lowest BCUT2D eigenvalue weighted by Crippen LogP contribution is -2.22. The summed E-state index contributed by atoms with van der Waals surface area (Å²) in [7, 11) is 1.44. The second-order valence-electron chi connectivity index (χ2n) is 4.40. The molecule has 0 bridgehead atoms. The fourth-order valence-corrected chi connectivity index (χ4v) is 2.43. The number of benzene rings is 1. The first-order valence-corrected chi connectivity index (χ1v) is 6.27. The first-order valence-electron chi connectivity index (χ1n) is 6.27. The number of ether oxygens (including phenoxy) is 2. The molecule has 1 fully saturated rings. The Hall–Kier alpha value is -1.55. The molecule has 98 valence electrons. The number of hydrogen-bond donors (Lipinski definition) is 1. The molecule has 18 heavy (non-hydrogen) atoms. The third kappa shape index (κ3) is 2.64. The van der Waals surface area contributed by atoms with Crippen molar-refractivity contribution in [1.82, 2.24) is 5.32 Å². The van der Waals surface area contributed by atoms with Crippen molar-refractivity contribution in [2.24, 2.45) is 5.92 Å². The standard InChI is InChI=1S/C14H19NO3/c1-3-18-11-6-4-5-10(7-11)12-8-15-9-13(12)14(16)17-2/h4-7,12-13,15H,3,8-9H2,1-2H3. The van der Waals surface area contributed by atoms with Crippen molar-refractivity contribution >= 4 is 5.97 Å². The molecule has 1 aromatic rings. The van der Waals surface area contributed by atoms with Crippen molar-refractivity contribution in [3.05, 3.63) is 29.8 Å². The summed E-state index contributed by atoms with van der Waals surface area (Å²) in [4.78, 5) is 11.7. The lowest BCUT2D eigenvalue weighted by Gasteiger charge is -2.17. The highest BCUT2D eigenvalue weighted by Gasteiger charge is 2.34. The minimum Gasteiger partial charge on any atom is -0.494 e. The average molecular weight is 249 g/mol. The smallest absolute Gasteiger partial charge is 0.310 e. The van der Waals surface area contributed by atoms with Gasteiger partial charge in [-0.2, -0.15) is 0 Å². The summed E-state index contributed by atoms with van der Waals surface area (Å²) in [6.45, 7) is 4.08. The molecule has 0 aliphatic carbocycles. The molecule has 1 heterocycles. The number of carbonyl (C=O) groups excluding carboxylic acids is 1. The summed E-state index contributed by atoms with van der Waals surface area (Å²) in [5, 5.41) is 3.25. The number of carbonyl (C=O) groups is 1. The molecule has 0 saturated carbocycles. The Bertz CT molecular complexity index is 419. The highest BCUT2D eigenvalue weighted by molar-refractivity contribution is 5.74.